The summed E-state index contributed by atoms with van der Waals surface area (Å²) in [5.74, 6) is 1.01. The number of nitrogens with zero attached hydrogens (tertiary/aromatic N) is 1. The molecule has 3 rings (SSSR count). The number of pyridine rings is 1. The summed E-state index contributed by atoms with van der Waals surface area (Å²) >= 11 is 0. The molecule has 1 N–H and O–H groups in total. The lowest BCUT2D eigenvalue weighted by Gasteiger charge is -2.14. The van der Waals surface area contributed by atoms with E-state index in [0.717, 1.165) is 22.2 Å². The first-order valence-electron chi connectivity index (χ1n) is 7.94. The van der Waals surface area contributed by atoms with Crippen LogP contribution >= 0.6 is 0 Å². The van der Waals surface area contributed by atoms with Gasteiger partial charge in [0.2, 0.25) is 0 Å². The average molecular weight is 336 g/mol. The van der Waals surface area contributed by atoms with Gasteiger partial charge in [0, 0.05) is 22.8 Å². The molecule has 0 saturated heterocycles. The van der Waals surface area contributed by atoms with E-state index < -0.39 is 0 Å². The SMILES string of the molecule is COc1cc(C)c(NC(=O)c2cc(C)nc3ccccc23)cc1OC. The molecule has 0 radical (unpaired) electrons. The van der Waals surface area contributed by atoms with Gasteiger partial charge < -0.3 is 14.8 Å². The highest BCUT2D eigenvalue weighted by atomic mass is 16.5. The van der Waals surface area contributed by atoms with Crippen LogP contribution in [0, 0.1) is 13.8 Å². The first-order chi connectivity index (χ1) is 12.0. The molecule has 0 aliphatic carbocycles. The number of nitrogens with one attached hydrogen (secondary N) is 1. The number of methoxy groups -OCH3 is 2. The lowest BCUT2D eigenvalue weighted by molar-refractivity contribution is 0.102. The Morgan fingerprint density at radius 1 is 1.00 bits per heavy atom. The predicted molar refractivity (Wildman–Crippen MR) is 98.7 cm³/mol. The zero-order valence-electron chi connectivity index (χ0n) is 14.7. The van der Waals surface area contributed by atoms with Crippen molar-refractivity contribution in [3.8, 4) is 11.5 Å². The summed E-state index contributed by atoms with van der Waals surface area (Å²) in [4.78, 5) is 17.4. The number of carbonyl (C=O) groups excluding carboxylic acids is 1. The Bertz CT molecular complexity index is 951. The number of para-hydroxylation sites is 1. The highest BCUT2D eigenvalue weighted by molar-refractivity contribution is 6.12. The van der Waals surface area contributed by atoms with E-state index in [0.29, 0.717) is 22.7 Å². The third-order valence-electron chi connectivity index (χ3n) is 4.07. The molecule has 0 fully saturated rings. The van der Waals surface area contributed by atoms with Gasteiger partial charge in [0.05, 0.1) is 25.3 Å². The Labute approximate surface area is 146 Å². The van der Waals surface area contributed by atoms with E-state index in [1.54, 1.807) is 26.4 Å². The van der Waals surface area contributed by atoms with Crippen LogP contribution in [0.2, 0.25) is 0 Å². The number of hydrogen-bond donors (Lipinski definition) is 1. The van der Waals surface area contributed by atoms with E-state index in [1.807, 2.05) is 44.2 Å². The largest absolute Gasteiger partial charge is 0.493 e. The number of amides is 1. The van der Waals surface area contributed by atoms with Gasteiger partial charge in [-0.2, -0.15) is 0 Å². The summed E-state index contributed by atoms with van der Waals surface area (Å²) in [5, 5.41) is 3.79. The van der Waals surface area contributed by atoms with Crippen LogP contribution in [-0.2, 0) is 0 Å². The van der Waals surface area contributed by atoms with Crippen molar-refractivity contribution < 1.29 is 14.3 Å². The number of aromatic nitrogens is 1. The van der Waals surface area contributed by atoms with E-state index in [9.17, 15) is 4.79 Å². The standard InChI is InChI=1S/C20H20N2O3/c1-12-9-18(24-3)19(25-4)11-17(12)22-20(23)15-10-13(2)21-16-8-6-5-7-14(15)16/h5-11H,1-4H3,(H,22,23). The Balaban J connectivity index is 2.01. The Morgan fingerprint density at radius 2 is 1.68 bits per heavy atom. The van der Waals surface area contributed by atoms with Gasteiger partial charge in [0.25, 0.3) is 5.91 Å². The summed E-state index contributed by atoms with van der Waals surface area (Å²) < 4.78 is 10.6. The van der Waals surface area contributed by atoms with Crippen molar-refractivity contribution in [2.45, 2.75) is 13.8 Å². The molecular formula is C20H20N2O3. The highest BCUT2D eigenvalue weighted by Gasteiger charge is 2.15. The summed E-state index contributed by atoms with van der Waals surface area (Å²) in [5.41, 5.74) is 3.77. The molecule has 25 heavy (non-hydrogen) atoms. The molecule has 0 saturated carbocycles. The summed E-state index contributed by atoms with van der Waals surface area (Å²) in [6.07, 6.45) is 0. The maximum Gasteiger partial charge on any atom is 0.256 e. The van der Waals surface area contributed by atoms with Crippen LogP contribution in [-0.4, -0.2) is 25.1 Å². The van der Waals surface area contributed by atoms with Crippen molar-refractivity contribution in [3.05, 3.63) is 59.3 Å². The molecule has 0 bridgehead atoms. The molecule has 1 heterocycles. The fourth-order valence-electron chi connectivity index (χ4n) is 2.80. The topological polar surface area (TPSA) is 60.5 Å². The van der Waals surface area contributed by atoms with E-state index in [2.05, 4.69) is 10.3 Å². The Morgan fingerprint density at radius 3 is 2.40 bits per heavy atom. The van der Waals surface area contributed by atoms with E-state index >= 15 is 0 Å². The van der Waals surface area contributed by atoms with Gasteiger partial charge in [-0.05, 0) is 37.6 Å². The molecule has 5 nitrogen and oxygen atoms in total. The molecule has 1 aromatic heterocycles. The van der Waals surface area contributed by atoms with Crippen LogP contribution < -0.4 is 14.8 Å². The second kappa shape index (κ2) is 6.81. The van der Waals surface area contributed by atoms with Crippen LogP contribution in [0.15, 0.2) is 42.5 Å². The minimum atomic E-state index is -0.183. The number of benzene rings is 2. The summed E-state index contributed by atoms with van der Waals surface area (Å²) in [6.45, 7) is 3.79. The number of rotatable bonds is 4. The van der Waals surface area contributed by atoms with Gasteiger partial charge in [-0.3, -0.25) is 9.78 Å². The number of fused-ring (bicyclic) bond motifs is 1. The maximum absolute atomic E-state index is 12.9. The van der Waals surface area contributed by atoms with E-state index in [1.165, 1.54) is 0 Å². The third-order valence-corrected chi connectivity index (χ3v) is 4.07. The molecule has 0 atom stereocenters. The number of aryl methyl sites for hydroxylation is 2. The van der Waals surface area contributed by atoms with Gasteiger partial charge >= 0.3 is 0 Å². The normalized spacial score (nSPS) is 10.6. The van der Waals surface area contributed by atoms with Crippen LogP contribution in [0.4, 0.5) is 5.69 Å². The van der Waals surface area contributed by atoms with Gasteiger partial charge in [-0.15, -0.1) is 0 Å². The van der Waals surface area contributed by atoms with Crippen LogP contribution in [0.25, 0.3) is 10.9 Å². The lowest BCUT2D eigenvalue weighted by atomic mass is 10.1. The quantitative estimate of drug-likeness (QED) is 0.778. The number of hydrogen-bond acceptors (Lipinski definition) is 4. The third kappa shape index (κ3) is 3.26. The predicted octanol–water partition coefficient (Wildman–Crippen LogP) is 4.12. The fraction of sp³-hybridized carbons (Fsp3) is 0.200. The second-order valence-electron chi connectivity index (χ2n) is 5.80. The van der Waals surface area contributed by atoms with Crippen molar-refractivity contribution in [2.24, 2.45) is 0 Å². The molecule has 0 aliphatic heterocycles. The van der Waals surface area contributed by atoms with Crippen LogP contribution in [0.1, 0.15) is 21.6 Å². The highest BCUT2D eigenvalue weighted by Crippen LogP contribution is 2.33. The van der Waals surface area contributed by atoms with Gasteiger partial charge in [0.1, 0.15) is 0 Å². The molecule has 1 amide bonds. The Hall–Kier alpha value is -3.08. The van der Waals surface area contributed by atoms with Crippen LogP contribution in [0.5, 0.6) is 11.5 Å². The minimum Gasteiger partial charge on any atom is -0.493 e. The molecular weight excluding hydrogens is 316 g/mol. The van der Waals surface area contributed by atoms with Gasteiger partial charge in [-0.25, -0.2) is 0 Å². The lowest BCUT2D eigenvalue weighted by Crippen LogP contribution is -2.14. The van der Waals surface area contributed by atoms with E-state index in [4.69, 9.17) is 9.47 Å². The van der Waals surface area contributed by atoms with Crippen molar-refractivity contribution >= 4 is 22.5 Å². The Kier molecular flexibility index (Phi) is 4.57. The molecule has 0 aliphatic rings. The molecule has 128 valence electrons. The summed E-state index contributed by atoms with van der Waals surface area (Å²) in [7, 11) is 3.15. The molecule has 5 heteroatoms. The van der Waals surface area contributed by atoms with Crippen LogP contribution in [0.3, 0.4) is 0 Å². The average Bonchev–Trinajstić information content (AvgIpc) is 2.62. The van der Waals surface area contributed by atoms with Crippen molar-refractivity contribution in [3.63, 3.8) is 0 Å². The van der Waals surface area contributed by atoms with Crippen molar-refractivity contribution in [1.29, 1.82) is 0 Å². The smallest absolute Gasteiger partial charge is 0.256 e. The second-order valence-corrected chi connectivity index (χ2v) is 5.80. The first kappa shape index (κ1) is 16.8. The fourth-order valence-corrected chi connectivity index (χ4v) is 2.80. The van der Waals surface area contributed by atoms with Crippen molar-refractivity contribution in [1.82, 2.24) is 4.98 Å². The zero-order chi connectivity index (χ0) is 18.0. The van der Waals surface area contributed by atoms with E-state index in [-0.39, 0.29) is 5.91 Å². The number of ether oxygens (including phenoxy) is 2. The van der Waals surface area contributed by atoms with Crippen molar-refractivity contribution in [2.75, 3.05) is 19.5 Å². The molecule has 2 aromatic carbocycles. The minimum absolute atomic E-state index is 0.183. The number of carbonyl (C=O) groups is 1. The number of anilines is 1. The molecule has 3 aromatic rings. The van der Waals surface area contributed by atoms with Gasteiger partial charge in [-0.1, -0.05) is 18.2 Å². The monoisotopic (exact) mass is 336 g/mol. The van der Waals surface area contributed by atoms with Gasteiger partial charge in [0.15, 0.2) is 11.5 Å². The molecule has 0 unspecified atom stereocenters. The first-order valence-corrected chi connectivity index (χ1v) is 7.94. The zero-order valence-corrected chi connectivity index (χ0v) is 14.7. The summed E-state index contributed by atoms with van der Waals surface area (Å²) in [6, 6.07) is 13.0. The maximum atomic E-state index is 12.9. The molecule has 0 spiro atoms.